The van der Waals surface area contributed by atoms with Crippen molar-refractivity contribution >= 4 is 11.3 Å². The summed E-state index contributed by atoms with van der Waals surface area (Å²) in [5, 5.41) is 5.70. The van der Waals surface area contributed by atoms with Crippen molar-refractivity contribution in [3.63, 3.8) is 0 Å². The second kappa shape index (κ2) is 6.03. The van der Waals surface area contributed by atoms with Gasteiger partial charge in [-0.3, -0.25) is 0 Å². The van der Waals surface area contributed by atoms with Gasteiger partial charge in [0.25, 0.3) is 0 Å². The molecule has 3 heteroatoms. The van der Waals surface area contributed by atoms with Gasteiger partial charge in [-0.2, -0.15) is 0 Å². The van der Waals surface area contributed by atoms with Gasteiger partial charge >= 0.3 is 0 Å². The Morgan fingerprint density at radius 2 is 1.94 bits per heavy atom. The zero-order valence-corrected chi connectivity index (χ0v) is 11.9. The number of thiophene rings is 1. The maximum Gasteiger partial charge on any atom is 0.118 e. The van der Waals surface area contributed by atoms with Gasteiger partial charge in [0.05, 0.1) is 13.2 Å². The van der Waals surface area contributed by atoms with Gasteiger partial charge in [-0.1, -0.05) is 19.1 Å². The number of benzene rings is 1. The van der Waals surface area contributed by atoms with Crippen molar-refractivity contribution in [1.82, 2.24) is 5.32 Å². The Hall–Kier alpha value is -1.32. The molecule has 0 fully saturated rings. The van der Waals surface area contributed by atoms with Gasteiger partial charge in [-0.25, -0.2) is 0 Å². The monoisotopic (exact) mass is 261 g/mol. The van der Waals surface area contributed by atoms with E-state index in [0.717, 1.165) is 12.3 Å². The first-order valence-electron chi connectivity index (χ1n) is 6.17. The SMILES string of the molecule is CCNC(c1ccc(OC)cc1)c1sccc1C. The molecule has 2 rings (SSSR count). The third kappa shape index (κ3) is 2.74. The summed E-state index contributed by atoms with van der Waals surface area (Å²) in [6.07, 6.45) is 0. The van der Waals surface area contributed by atoms with E-state index in [2.05, 4.69) is 42.7 Å². The average molecular weight is 261 g/mol. The smallest absolute Gasteiger partial charge is 0.118 e. The molecule has 1 N–H and O–H groups in total. The summed E-state index contributed by atoms with van der Waals surface area (Å²) in [5.74, 6) is 0.900. The molecule has 0 bridgehead atoms. The quantitative estimate of drug-likeness (QED) is 0.884. The van der Waals surface area contributed by atoms with Crippen molar-refractivity contribution in [3.05, 3.63) is 51.7 Å². The number of rotatable bonds is 5. The van der Waals surface area contributed by atoms with Crippen LogP contribution in [0.3, 0.4) is 0 Å². The van der Waals surface area contributed by atoms with Crippen LogP contribution in [0.15, 0.2) is 35.7 Å². The highest BCUT2D eigenvalue weighted by Gasteiger charge is 2.16. The van der Waals surface area contributed by atoms with Crippen LogP contribution >= 0.6 is 11.3 Å². The summed E-state index contributed by atoms with van der Waals surface area (Å²) < 4.78 is 5.21. The summed E-state index contributed by atoms with van der Waals surface area (Å²) >= 11 is 1.81. The Morgan fingerprint density at radius 3 is 2.44 bits per heavy atom. The van der Waals surface area contributed by atoms with Gasteiger partial charge in [0.1, 0.15) is 5.75 Å². The van der Waals surface area contributed by atoms with Crippen LogP contribution < -0.4 is 10.1 Å². The first-order chi connectivity index (χ1) is 8.76. The Kier molecular flexibility index (Phi) is 4.39. The van der Waals surface area contributed by atoms with Gasteiger partial charge in [0.15, 0.2) is 0 Å². The Labute approximate surface area is 113 Å². The second-order valence-corrected chi connectivity index (χ2v) is 5.18. The minimum Gasteiger partial charge on any atom is -0.497 e. The molecular formula is C15H19NOS. The lowest BCUT2D eigenvalue weighted by atomic mass is 10.0. The van der Waals surface area contributed by atoms with Gasteiger partial charge in [-0.15, -0.1) is 11.3 Å². The highest BCUT2D eigenvalue weighted by Crippen LogP contribution is 2.30. The van der Waals surface area contributed by atoms with E-state index >= 15 is 0 Å². The van der Waals surface area contributed by atoms with Gasteiger partial charge < -0.3 is 10.1 Å². The highest BCUT2D eigenvalue weighted by atomic mass is 32.1. The summed E-state index contributed by atoms with van der Waals surface area (Å²) in [6, 6.07) is 10.7. The maximum absolute atomic E-state index is 5.21. The minimum absolute atomic E-state index is 0.279. The standard InChI is InChI=1S/C15H19NOS/c1-4-16-14(15-11(2)9-10-18-15)12-5-7-13(17-3)8-6-12/h5-10,14,16H,4H2,1-3H3. The number of methoxy groups -OCH3 is 1. The molecule has 1 heterocycles. The largest absolute Gasteiger partial charge is 0.497 e. The van der Waals surface area contributed by atoms with Gasteiger partial charge in [0, 0.05) is 4.88 Å². The van der Waals surface area contributed by atoms with Crippen molar-refractivity contribution in [2.24, 2.45) is 0 Å². The van der Waals surface area contributed by atoms with E-state index in [1.807, 2.05) is 23.5 Å². The molecule has 1 atom stereocenters. The predicted octanol–water partition coefficient (Wildman–Crippen LogP) is 3.76. The molecule has 2 aromatic rings. The van der Waals surface area contributed by atoms with Crippen molar-refractivity contribution in [1.29, 1.82) is 0 Å². The van der Waals surface area contributed by atoms with Crippen molar-refractivity contribution in [2.75, 3.05) is 13.7 Å². The van der Waals surface area contributed by atoms with Crippen LogP contribution in [0.1, 0.15) is 29.0 Å². The number of nitrogens with one attached hydrogen (secondary N) is 1. The van der Waals surface area contributed by atoms with Crippen LogP contribution in [0.5, 0.6) is 5.75 Å². The molecule has 0 saturated carbocycles. The lowest BCUT2D eigenvalue weighted by Crippen LogP contribution is -2.21. The molecule has 2 nitrogen and oxygen atoms in total. The Morgan fingerprint density at radius 1 is 1.22 bits per heavy atom. The lowest BCUT2D eigenvalue weighted by molar-refractivity contribution is 0.414. The van der Waals surface area contributed by atoms with Crippen LogP contribution in [0.25, 0.3) is 0 Å². The van der Waals surface area contributed by atoms with E-state index in [1.165, 1.54) is 16.0 Å². The number of ether oxygens (including phenoxy) is 1. The summed E-state index contributed by atoms with van der Waals surface area (Å²) in [7, 11) is 1.69. The first-order valence-corrected chi connectivity index (χ1v) is 7.05. The van der Waals surface area contributed by atoms with E-state index in [1.54, 1.807) is 7.11 Å². The van der Waals surface area contributed by atoms with Gasteiger partial charge in [0.2, 0.25) is 0 Å². The molecule has 1 aromatic carbocycles. The molecule has 96 valence electrons. The normalized spacial score (nSPS) is 12.4. The van der Waals surface area contributed by atoms with E-state index in [9.17, 15) is 0 Å². The predicted molar refractivity (Wildman–Crippen MR) is 77.6 cm³/mol. The topological polar surface area (TPSA) is 21.3 Å². The molecule has 0 radical (unpaired) electrons. The molecule has 18 heavy (non-hydrogen) atoms. The first kappa shape index (κ1) is 13.1. The average Bonchev–Trinajstić information content (AvgIpc) is 2.82. The van der Waals surface area contributed by atoms with E-state index in [0.29, 0.717) is 0 Å². The summed E-state index contributed by atoms with van der Waals surface area (Å²) in [6.45, 7) is 5.26. The zero-order valence-electron chi connectivity index (χ0n) is 11.1. The number of hydrogen-bond acceptors (Lipinski definition) is 3. The summed E-state index contributed by atoms with van der Waals surface area (Å²) in [5.41, 5.74) is 2.63. The van der Waals surface area contributed by atoms with Crippen LogP contribution in [0.2, 0.25) is 0 Å². The van der Waals surface area contributed by atoms with E-state index in [-0.39, 0.29) is 6.04 Å². The third-order valence-electron chi connectivity index (χ3n) is 3.02. The second-order valence-electron chi connectivity index (χ2n) is 4.23. The molecule has 0 saturated heterocycles. The number of hydrogen-bond donors (Lipinski definition) is 1. The van der Waals surface area contributed by atoms with Crippen molar-refractivity contribution < 1.29 is 4.74 Å². The van der Waals surface area contributed by atoms with Crippen LogP contribution in [0.4, 0.5) is 0 Å². The molecule has 0 aliphatic heterocycles. The Balaban J connectivity index is 2.32. The molecular weight excluding hydrogens is 242 g/mol. The van der Waals surface area contributed by atoms with Crippen LogP contribution in [0, 0.1) is 6.92 Å². The number of aryl methyl sites for hydroxylation is 1. The van der Waals surface area contributed by atoms with Crippen LogP contribution in [-0.4, -0.2) is 13.7 Å². The zero-order chi connectivity index (χ0) is 13.0. The summed E-state index contributed by atoms with van der Waals surface area (Å²) in [4.78, 5) is 1.39. The van der Waals surface area contributed by atoms with E-state index in [4.69, 9.17) is 4.74 Å². The van der Waals surface area contributed by atoms with Crippen molar-refractivity contribution in [2.45, 2.75) is 19.9 Å². The molecule has 0 amide bonds. The van der Waals surface area contributed by atoms with E-state index < -0.39 is 0 Å². The molecule has 1 aromatic heterocycles. The molecule has 1 unspecified atom stereocenters. The minimum atomic E-state index is 0.279. The fourth-order valence-electron chi connectivity index (χ4n) is 2.04. The molecule has 0 spiro atoms. The highest BCUT2D eigenvalue weighted by molar-refractivity contribution is 7.10. The lowest BCUT2D eigenvalue weighted by Gasteiger charge is -2.18. The fourth-order valence-corrected chi connectivity index (χ4v) is 3.07. The maximum atomic E-state index is 5.21. The van der Waals surface area contributed by atoms with Crippen LogP contribution in [-0.2, 0) is 0 Å². The van der Waals surface area contributed by atoms with Crippen molar-refractivity contribution in [3.8, 4) is 5.75 Å². The Bertz CT molecular complexity index is 489. The molecule has 0 aliphatic carbocycles. The van der Waals surface area contributed by atoms with Gasteiger partial charge in [-0.05, 0) is 48.2 Å². The molecule has 0 aliphatic rings. The third-order valence-corrected chi connectivity index (χ3v) is 4.11. The fraction of sp³-hybridized carbons (Fsp3) is 0.333.